The number of benzene rings is 2. The second-order valence-corrected chi connectivity index (χ2v) is 13.3. The van der Waals surface area contributed by atoms with Gasteiger partial charge in [0, 0.05) is 44.1 Å². The van der Waals surface area contributed by atoms with E-state index in [1.165, 1.54) is 20.7 Å². The second-order valence-electron chi connectivity index (χ2n) is 5.96. The molecule has 3 rings (SSSR count). The molecule has 152 valence electrons. The summed E-state index contributed by atoms with van der Waals surface area (Å²) in [6.07, 6.45) is 0. The zero-order valence-electron chi connectivity index (χ0n) is 14.1. The number of hydrogen-bond donors (Lipinski definition) is 0. The molecule has 28 heavy (non-hydrogen) atoms. The molecule has 6 nitrogen and oxygen atoms in total. The van der Waals surface area contributed by atoms with E-state index in [1.54, 1.807) is 24.3 Å². The lowest BCUT2D eigenvalue weighted by molar-refractivity contribution is 0.272. The van der Waals surface area contributed by atoms with Crippen molar-refractivity contribution in [3.8, 4) is 0 Å². The van der Waals surface area contributed by atoms with E-state index >= 15 is 0 Å². The molecule has 0 N–H and O–H groups in total. The summed E-state index contributed by atoms with van der Waals surface area (Å²) in [6, 6.07) is 9.68. The normalized spacial score (nSPS) is 17.0. The molecular formula is C16H14Br4N2O4S2. The predicted octanol–water partition coefficient (Wildman–Crippen LogP) is 4.43. The molecule has 0 unspecified atom stereocenters. The van der Waals surface area contributed by atoms with Crippen molar-refractivity contribution >= 4 is 83.8 Å². The molecule has 1 heterocycles. The SMILES string of the molecule is O=S(=O)(c1ccc(Br)cc1Br)N1CCN(S(=O)(=O)c2ccc(Br)cc2Br)CC1. The van der Waals surface area contributed by atoms with Crippen LogP contribution in [0.2, 0.25) is 0 Å². The lowest BCUT2D eigenvalue weighted by atomic mass is 10.4. The number of sulfonamides is 2. The summed E-state index contributed by atoms with van der Waals surface area (Å²) >= 11 is 13.2. The molecule has 0 radical (unpaired) electrons. The van der Waals surface area contributed by atoms with E-state index in [2.05, 4.69) is 63.7 Å². The lowest BCUT2D eigenvalue weighted by Gasteiger charge is -2.33. The van der Waals surface area contributed by atoms with Gasteiger partial charge in [0.25, 0.3) is 0 Å². The molecule has 0 bridgehead atoms. The third-order valence-electron chi connectivity index (χ3n) is 4.22. The number of nitrogens with zero attached hydrogens (tertiary/aromatic N) is 2. The van der Waals surface area contributed by atoms with Gasteiger partial charge < -0.3 is 0 Å². The van der Waals surface area contributed by atoms with Gasteiger partial charge in [-0.05, 0) is 68.3 Å². The predicted molar refractivity (Wildman–Crippen MR) is 121 cm³/mol. The van der Waals surface area contributed by atoms with Crippen LogP contribution < -0.4 is 0 Å². The van der Waals surface area contributed by atoms with E-state index in [9.17, 15) is 16.8 Å². The molecule has 1 aliphatic heterocycles. The highest BCUT2D eigenvalue weighted by molar-refractivity contribution is 9.11. The van der Waals surface area contributed by atoms with Crippen LogP contribution in [-0.2, 0) is 20.0 Å². The first kappa shape index (κ1) is 22.9. The summed E-state index contributed by atoms with van der Waals surface area (Å²) in [5.74, 6) is 0. The zero-order chi connectivity index (χ0) is 20.7. The molecule has 2 aromatic carbocycles. The van der Waals surface area contributed by atoms with Crippen molar-refractivity contribution < 1.29 is 16.8 Å². The number of rotatable bonds is 4. The third kappa shape index (κ3) is 4.58. The summed E-state index contributed by atoms with van der Waals surface area (Å²) in [4.78, 5) is 0.310. The zero-order valence-corrected chi connectivity index (χ0v) is 22.1. The third-order valence-corrected chi connectivity index (χ3v) is 11.0. The molecule has 12 heteroatoms. The van der Waals surface area contributed by atoms with Gasteiger partial charge in [-0.1, -0.05) is 31.9 Å². The van der Waals surface area contributed by atoms with Crippen LogP contribution in [0.25, 0.3) is 0 Å². The van der Waals surface area contributed by atoms with E-state index in [-0.39, 0.29) is 36.0 Å². The monoisotopic (exact) mass is 678 g/mol. The minimum absolute atomic E-state index is 0.0816. The van der Waals surface area contributed by atoms with Gasteiger partial charge >= 0.3 is 0 Å². The van der Waals surface area contributed by atoms with Gasteiger partial charge in [-0.2, -0.15) is 8.61 Å². The molecule has 1 aliphatic rings. The Morgan fingerprint density at radius 1 is 0.607 bits per heavy atom. The minimum atomic E-state index is -3.73. The van der Waals surface area contributed by atoms with E-state index in [1.807, 2.05) is 0 Å². The average molecular weight is 682 g/mol. The average Bonchev–Trinajstić information content (AvgIpc) is 2.61. The highest BCUT2D eigenvalue weighted by Crippen LogP contribution is 2.31. The Morgan fingerprint density at radius 3 is 1.21 bits per heavy atom. The topological polar surface area (TPSA) is 74.8 Å². The van der Waals surface area contributed by atoms with Crippen molar-refractivity contribution in [1.29, 1.82) is 0 Å². The van der Waals surface area contributed by atoms with Crippen LogP contribution in [0.4, 0.5) is 0 Å². The molecular weight excluding hydrogens is 668 g/mol. The van der Waals surface area contributed by atoms with Crippen molar-refractivity contribution in [3.05, 3.63) is 54.3 Å². The number of piperazine rings is 1. The highest BCUT2D eigenvalue weighted by atomic mass is 79.9. The molecule has 0 aromatic heterocycles. The highest BCUT2D eigenvalue weighted by Gasteiger charge is 2.35. The van der Waals surface area contributed by atoms with Gasteiger partial charge in [-0.3, -0.25) is 0 Å². The number of hydrogen-bond acceptors (Lipinski definition) is 4. The molecule has 1 fully saturated rings. The summed E-state index contributed by atoms with van der Waals surface area (Å²) < 4.78 is 56.8. The van der Waals surface area contributed by atoms with Crippen LogP contribution in [0.15, 0.2) is 64.1 Å². The van der Waals surface area contributed by atoms with Crippen molar-refractivity contribution in [3.63, 3.8) is 0 Å². The Labute approximate surface area is 197 Å². The smallest absolute Gasteiger partial charge is 0.207 e. The van der Waals surface area contributed by atoms with Crippen LogP contribution in [0.5, 0.6) is 0 Å². The molecule has 0 atom stereocenters. The van der Waals surface area contributed by atoms with Crippen LogP contribution in [-0.4, -0.2) is 51.6 Å². The van der Waals surface area contributed by atoms with Crippen LogP contribution in [0.3, 0.4) is 0 Å². The molecule has 2 aromatic rings. The minimum Gasteiger partial charge on any atom is -0.207 e. The first-order valence-corrected chi connectivity index (χ1v) is 14.0. The Bertz CT molecular complexity index is 1030. The van der Waals surface area contributed by atoms with Gasteiger partial charge in [0.15, 0.2) is 0 Å². The molecule has 0 amide bonds. The summed E-state index contributed by atoms with van der Waals surface area (Å²) in [5.41, 5.74) is 0. The van der Waals surface area contributed by atoms with E-state index in [0.29, 0.717) is 8.95 Å². The summed E-state index contributed by atoms with van der Waals surface area (Å²) in [5, 5.41) is 0. The standard InChI is InChI=1S/C16H14Br4N2O4S2/c17-11-1-3-15(13(19)9-11)27(23,24)21-5-7-22(8-6-21)28(25,26)16-4-2-12(18)10-14(16)20/h1-4,9-10H,5-8H2. The van der Waals surface area contributed by atoms with Gasteiger partial charge in [-0.25, -0.2) is 16.8 Å². The van der Waals surface area contributed by atoms with Gasteiger partial charge in [0.1, 0.15) is 0 Å². The second kappa shape index (κ2) is 8.74. The van der Waals surface area contributed by atoms with Gasteiger partial charge in [-0.15, -0.1) is 0 Å². The molecule has 0 aliphatic carbocycles. The van der Waals surface area contributed by atoms with E-state index in [0.717, 1.165) is 8.95 Å². The van der Waals surface area contributed by atoms with Crippen molar-refractivity contribution in [2.75, 3.05) is 26.2 Å². The fourth-order valence-corrected chi connectivity index (χ4v) is 9.05. The maximum Gasteiger partial charge on any atom is 0.244 e. The largest absolute Gasteiger partial charge is 0.244 e. The van der Waals surface area contributed by atoms with Crippen molar-refractivity contribution in [2.45, 2.75) is 9.79 Å². The first-order chi connectivity index (χ1) is 13.0. The first-order valence-electron chi connectivity index (χ1n) is 7.94. The summed E-state index contributed by atoms with van der Waals surface area (Å²) in [6.45, 7) is 0.326. The Kier molecular flexibility index (Phi) is 7.13. The van der Waals surface area contributed by atoms with Crippen LogP contribution in [0, 0.1) is 0 Å². The van der Waals surface area contributed by atoms with E-state index in [4.69, 9.17) is 0 Å². The van der Waals surface area contributed by atoms with E-state index < -0.39 is 20.0 Å². The maximum atomic E-state index is 12.9. The molecule has 1 saturated heterocycles. The van der Waals surface area contributed by atoms with Crippen molar-refractivity contribution in [2.24, 2.45) is 0 Å². The Morgan fingerprint density at radius 2 is 0.929 bits per heavy atom. The van der Waals surface area contributed by atoms with Crippen molar-refractivity contribution in [1.82, 2.24) is 8.61 Å². The van der Waals surface area contributed by atoms with Gasteiger partial charge in [0.2, 0.25) is 20.0 Å². The number of halogens is 4. The van der Waals surface area contributed by atoms with Crippen LogP contribution >= 0.6 is 63.7 Å². The fourth-order valence-electron chi connectivity index (χ4n) is 2.80. The molecule has 0 saturated carbocycles. The Hall–Kier alpha value is 0.180. The fraction of sp³-hybridized carbons (Fsp3) is 0.250. The van der Waals surface area contributed by atoms with Crippen LogP contribution in [0.1, 0.15) is 0 Å². The van der Waals surface area contributed by atoms with Gasteiger partial charge in [0.05, 0.1) is 9.79 Å². The quantitative estimate of drug-likeness (QED) is 0.479. The molecule has 0 spiro atoms. The Balaban J connectivity index is 1.80. The maximum absolute atomic E-state index is 12.9. The lowest BCUT2D eigenvalue weighted by Crippen LogP contribution is -2.50. The summed E-state index contributed by atoms with van der Waals surface area (Å²) in [7, 11) is -7.46.